The average Bonchev–Trinajstić information content (AvgIpc) is 2.22. The van der Waals surface area contributed by atoms with Crippen molar-refractivity contribution in [1.29, 1.82) is 0 Å². The van der Waals surface area contributed by atoms with Gasteiger partial charge in [0.2, 0.25) is 0 Å². The van der Waals surface area contributed by atoms with Crippen LogP contribution in [0.25, 0.3) is 0 Å². The predicted octanol–water partition coefficient (Wildman–Crippen LogP) is 1.67. The molecule has 2 N–H and O–H groups in total. The molecule has 0 aliphatic carbocycles. The molecule has 0 fully saturated rings. The fraction of sp³-hybridized carbons (Fsp3) is 0.462. The Morgan fingerprint density at radius 1 is 1.35 bits per heavy atom. The highest BCUT2D eigenvalue weighted by molar-refractivity contribution is 5.75. The number of hydrogen-bond donors (Lipinski definition) is 2. The van der Waals surface area contributed by atoms with Crippen LogP contribution in [-0.4, -0.2) is 31.3 Å². The first-order valence-electron chi connectivity index (χ1n) is 5.58. The summed E-state index contributed by atoms with van der Waals surface area (Å²) in [5.74, 6) is -0.869. The minimum absolute atomic E-state index is 0.495. The van der Waals surface area contributed by atoms with Gasteiger partial charge in [-0.2, -0.15) is 0 Å². The quantitative estimate of drug-likeness (QED) is 0.739. The second-order valence-electron chi connectivity index (χ2n) is 4.14. The number of carboxylic acid groups (broad SMARTS) is 1. The standard InChI is InChI=1S/C13H19NO3/c1-9-6-10(2)8-11(7-9)12(13(15)16)14-4-5-17-3/h6-8,12,14H,4-5H2,1-3H3,(H,15,16). The fourth-order valence-corrected chi connectivity index (χ4v) is 1.83. The second kappa shape index (κ2) is 6.37. The third-order valence-electron chi connectivity index (χ3n) is 2.48. The Hall–Kier alpha value is -1.39. The summed E-state index contributed by atoms with van der Waals surface area (Å²) in [6, 6.07) is 5.14. The number of benzene rings is 1. The number of hydrogen-bond acceptors (Lipinski definition) is 3. The number of rotatable bonds is 6. The third kappa shape index (κ3) is 4.17. The summed E-state index contributed by atoms with van der Waals surface area (Å²) in [6.45, 7) is 4.93. The van der Waals surface area contributed by atoms with E-state index in [1.807, 2.05) is 32.0 Å². The molecule has 0 heterocycles. The van der Waals surface area contributed by atoms with Gasteiger partial charge in [0.05, 0.1) is 6.61 Å². The molecule has 0 saturated heterocycles. The minimum Gasteiger partial charge on any atom is -0.480 e. The van der Waals surface area contributed by atoms with Crippen LogP contribution in [0, 0.1) is 13.8 Å². The highest BCUT2D eigenvalue weighted by atomic mass is 16.5. The summed E-state index contributed by atoms with van der Waals surface area (Å²) in [5.41, 5.74) is 2.92. The van der Waals surface area contributed by atoms with E-state index in [2.05, 4.69) is 5.32 Å². The van der Waals surface area contributed by atoms with Crippen molar-refractivity contribution in [2.45, 2.75) is 19.9 Å². The Bertz CT molecular complexity index is 370. The number of carbonyl (C=O) groups is 1. The molecule has 0 aliphatic heterocycles. The van der Waals surface area contributed by atoms with Crippen LogP contribution >= 0.6 is 0 Å². The van der Waals surface area contributed by atoms with Gasteiger partial charge in [-0.25, -0.2) is 0 Å². The number of ether oxygens (including phenoxy) is 1. The van der Waals surface area contributed by atoms with E-state index in [1.54, 1.807) is 7.11 Å². The first-order chi connectivity index (χ1) is 8.04. The number of carboxylic acids is 1. The molecule has 0 amide bonds. The topological polar surface area (TPSA) is 58.6 Å². The molecule has 1 aromatic carbocycles. The zero-order valence-corrected chi connectivity index (χ0v) is 10.5. The molecule has 0 aromatic heterocycles. The van der Waals surface area contributed by atoms with Crippen molar-refractivity contribution in [1.82, 2.24) is 5.32 Å². The molecule has 1 aromatic rings. The summed E-state index contributed by atoms with van der Waals surface area (Å²) >= 11 is 0. The molecule has 17 heavy (non-hydrogen) atoms. The molecular weight excluding hydrogens is 218 g/mol. The second-order valence-corrected chi connectivity index (χ2v) is 4.14. The van der Waals surface area contributed by atoms with E-state index < -0.39 is 12.0 Å². The highest BCUT2D eigenvalue weighted by Gasteiger charge is 2.19. The van der Waals surface area contributed by atoms with Crippen LogP contribution in [0.1, 0.15) is 22.7 Å². The van der Waals surface area contributed by atoms with Gasteiger partial charge in [-0.05, 0) is 19.4 Å². The van der Waals surface area contributed by atoms with Gasteiger partial charge in [-0.1, -0.05) is 29.3 Å². The summed E-state index contributed by atoms with van der Waals surface area (Å²) < 4.78 is 4.90. The van der Waals surface area contributed by atoms with Crippen molar-refractivity contribution >= 4 is 5.97 Å². The average molecular weight is 237 g/mol. The molecule has 1 rings (SSSR count). The molecular formula is C13H19NO3. The van der Waals surface area contributed by atoms with E-state index in [9.17, 15) is 9.90 Å². The summed E-state index contributed by atoms with van der Waals surface area (Å²) in [7, 11) is 1.59. The van der Waals surface area contributed by atoms with Crippen molar-refractivity contribution in [3.63, 3.8) is 0 Å². The maximum Gasteiger partial charge on any atom is 0.325 e. The van der Waals surface area contributed by atoms with Gasteiger partial charge >= 0.3 is 5.97 Å². The summed E-state index contributed by atoms with van der Waals surface area (Å²) in [6.07, 6.45) is 0. The number of methoxy groups -OCH3 is 1. The van der Waals surface area contributed by atoms with Gasteiger partial charge in [0.25, 0.3) is 0 Å². The van der Waals surface area contributed by atoms with Crippen LogP contribution in [0.4, 0.5) is 0 Å². The number of aliphatic carboxylic acids is 1. The SMILES string of the molecule is COCCNC(C(=O)O)c1cc(C)cc(C)c1. The van der Waals surface area contributed by atoms with E-state index in [-0.39, 0.29) is 0 Å². The Morgan fingerprint density at radius 3 is 2.41 bits per heavy atom. The Labute approximate surface area is 102 Å². The minimum atomic E-state index is -0.869. The molecule has 0 radical (unpaired) electrons. The van der Waals surface area contributed by atoms with Crippen LogP contribution in [-0.2, 0) is 9.53 Å². The van der Waals surface area contributed by atoms with Crippen molar-refractivity contribution in [2.75, 3.05) is 20.3 Å². The van der Waals surface area contributed by atoms with E-state index in [1.165, 1.54) is 0 Å². The molecule has 0 spiro atoms. The Morgan fingerprint density at radius 2 is 1.94 bits per heavy atom. The Kier molecular flexibility index (Phi) is 5.12. The van der Waals surface area contributed by atoms with Crippen LogP contribution in [0.2, 0.25) is 0 Å². The van der Waals surface area contributed by atoms with Gasteiger partial charge in [0.15, 0.2) is 0 Å². The lowest BCUT2D eigenvalue weighted by Gasteiger charge is -2.15. The number of nitrogens with one attached hydrogen (secondary N) is 1. The van der Waals surface area contributed by atoms with Gasteiger partial charge in [0.1, 0.15) is 6.04 Å². The first kappa shape index (κ1) is 13.7. The van der Waals surface area contributed by atoms with Gasteiger partial charge in [0, 0.05) is 13.7 Å². The lowest BCUT2D eigenvalue weighted by atomic mass is 10.0. The van der Waals surface area contributed by atoms with Crippen LogP contribution in [0.3, 0.4) is 0 Å². The lowest BCUT2D eigenvalue weighted by molar-refractivity contribution is -0.139. The monoisotopic (exact) mass is 237 g/mol. The molecule has 0 saturated carbocycles. The lowest BCUT2D eigenvalue weighted by Crippen LogP contribution is -2.31. The smallest absolute Gasteiger partial charge is 0.325 e. The fourth-order valence-electron chi connectivity index (χ4n) is 1.83. The maximum atomic E-state index is 11.2. The molecule has 94 valence electrons. The highest BCUT2D eigenvalue weighted by Crippen LogP contribution is 2.17. The molecule has 0 aliphatic rings. The van der Waals surface area contributed by atoms with Gasteiger partial charge in [-0.3, -0.25) is 10.1 Å². The molecule has 4 heteroatoms. The zero-order chi connectivity index (χ0) is 12.8. The first-order valence-corrected chi connectivity index (χ1v) is 5.58. The van der Waals surface area contributed by atoms with Gasteiger partial charge < -0.3 is 9.84 Å². The normalized spacial score (nSPS) is 12.4. The molecule has 4 nitrogen and oxygen atoms in total. The molecule has 0 bridgehead atoms. The van der Waals surface area contributed by atoms with Crippen LogP contribution < -0.4 is 5.32 Å². The van der Waals surface area contributed by atoms with Crippen molar-refractivity contribution in [3.8, 4) is 0 Å². The molecule has 1 unspecified atom stereocenters. The molecule has 1 atom stereocenters. The van der Waals surface area contributed by atoms with Crippen molar-refractivity contribution < 1.29 is 14.6 Å². The summed E-state index contributed by atoms with van der Waals surface area (Å²) in [4.78, 5) is 11.2. The van der Waals surface area contributed by atoms with Crippen molar-refractivity contribution in [2.24, 2.45) is 0 Å². The van der Waals surface area contributed by atoms with Crippen LogP contribution in [0.15, 0.2) is 18.2 Å². The van der Waals surface area contributed by atoms with Crippen molar-refractivity contribution in [3.05, 3.63) is 34.9 Å². The Balaban J connectivity index is 2.85. The van der Waals surface area contributed by atoms with Crippen LogP contribution in [0.5, 0.6) is 0 Å². The maximum absolute atomic E-state index is 11.2. The summed E-state index contributed by atoms with van der Waals surface area (Å²) in [5, 5.41) is 12.2. The van der Waals surface area contributed by atoms with E-state index in [0.717, 1.165) is 16.7 Å². The number of aryl methyl sites for hydroxylation is 2. The predicted molar refractivity (Wildman–Crippen MR) is 66.2 cm³/mol. The van der Waals surface area contributed by atoms with E-state index >= 15 is 0 Å². The third-order valence-corrected chi connectivity index (χ3v) is 2.48. The van der Waals surface area contributed by atoms with E-state index in [0.29, 0.717) is 13.2 Å². The van der Waals surface area contributed by atoms with Gasteiger partial charge in [-0.15, -0.1) is 0 Å². The zero-order valence-electron chi connectivity index (χ0n) is 10.5. The largest absolute Gasteiger partial charge is 0.480 e. The van der Waals surface area contributed by atoms with E-state index in [4.69, 9.17) is 4.74 Å².